The van der Waals surface area contributed by atoms with E-state index in [9.17, 15) is 9.90 Å². The second kappa shape index (κ2) is 5.17. The number of nitrogens with zero attached hydrogens (tertiary/aromatic N) is 1. The fraction of sp³-hybridized carbons (Fsp3) is 0.533. The van der Waals surface area contributed by atoms with Crippen LogP contribution in [0.3, 0.4) is 0 Å². The fourth-order valence-electron chi connectivity index (χ4n) is 2.89. The van der Waals surface area contributed by atoms with Crippen LogP contribution in [0.25, 0.3) is 0 Å². The highest BCUT2D eigenvalue weighted by Gasteiger charge is 2.33. The molecule has 3 nitrogen and oxygen atoms in total. The summed E-state index contributed by atoms with van der Waals surface area (Å²) in [6.07, 6.45) is 2.39. The van der Waals surface area contributed by atoms with E-state index in [1.54, 1.807) is 11.8 Å². The van der Waals surface area contributed by atoms with Crippen molar-refractivity contribution in [3.05, 3.63) is 29.8 Å². The molecule has 1 aromatic carbocycles. The molecule has 0 aromatic heterocycles. The molecule has 2 aliphatic rings. The molecule has 102 valence electrons. The minimum absolute atomic E-state index is 0.0346. The molecule has 1 saturated carbocycles. The smallest absolute Gasteiger partial charge is 0.236 e. The van der Waals surface area contributed by atoms with Gasteiger partial charge in [-0.1, -0.05) is 18.2 Å². The summed E-state index contributed by atoms with van der Waals surface area (Å²) in [6, 6.07) is 8.26. The Labute approximate surface area is 118 Å². The molecule has 0 bridgehead atoms. The summed E-state index contributed by atoms with van der Waals surface area (Å²) in [4.78, 5) is 15.5. The van der Waals surface area contributed by atoms with E-state index in [1.165, 1.54) is 10.5 Å². The van der Waals surface area contributed by atoms with Crippen molar-refractivity contribution < 1.29 is 9.90 Å². The lowest BCUT2D eigenvalue weighted by Crippen LogP contribution is -2.42. The van der Waals surface area contributed by atoms with Crippen molar-refractivity contribution in [2.45, 2.75) is 35.5 Å². The highest BCUT2D eigenvalue weighted by atomic mass is 32.2. The van der Waals surface area contributed by atoms with Crippen LogP contribution >= 0.6 is 11.8 Å². The number of aliphatic hydroxyl groups excluding tert-OH is 1. The Balaban J connectivity index is 1.57. The molecule has 1 amide bonds. The molecular weight excluding hydrogens is 258 g/mol. The molecular formula is C15H19NO2S. The van der Waals surface area contributed by atoms with Gasteiger partial charge in [-0.15, -0.1) is 11.8 Å². The van der Waals surface area contributed by atoms with Crippen LogP contribution in [0.4, 0.5) is 0 Å². The van der Waals surface area contributed by atoms with Crippen LogP contribution in [-0.2, 0) is 11.2 Å². The average Bonchev–Trinajstić information content (AvgIpc) is 2.79. The first-order valence-corrected chi connectivity index (χ1v) is 7.69. The van der Waals surface area contributed by atoms with E-state index in [0.717, 1.165) is 25.8 Å². The molecule has 1 unspecified atom stereocenters. The van der Waals surface area contributed by atoms with Crippen molar-refractivity contribution in [3.63, 3.8) is 0 Å². The molecule has 1 atom stereocenters. The molecule has 0 saturated heterocycles. The van der Waals surface area contributed by atoms with Gasteiger partial charge in [0.15, 0.2) is 0 Å². The number of benzene rings is 1. The van der Waals surface area contributed by atoms with Gasteiger partial charge >= 0.3 is 0 Å². The Hall–Kier alpha value is -1.00. The number of carbonyl (C=O) groups is 1. The van der Waals surface area contributed by atoms with Crippen LogP contribution < -0.4 is 0 Å². The van der Waals surface area contributed by atoms with Gasteiger partial charge in [0, 0.05) is 18.5 Å². The summed E-state index contributed by atoms with van der Waals surface area (Å²) >= 11 is 1.69. The second-order valence-corrected chi connectivity index (χ2v) is 6.87. The number of thioether (sulfide) groups is 1. The summed E-state index contributed by atoms with van der Waals surface area (Å²) in [6.45, 7) is 0.781. The Morgan fingerprint density at radius 3 is 2.84 bits per heavy atom. The van der Waals surface area contributed by atoms with Crippen molar-refractivity contribution in [1.29, 1.82) is 0 Å². The van der Waals surface area contributed by atoms with Crippen LogP contribution in [0, 0.1) is 5.92 Å². The third-order valence-electron chi connectivity index (χ3n) is 4.04. The standard InChI is InChI=1S/C15H19NO2S/c1-16(9-10-6-12(17)7-10)15(18)14-8-11-4-2-3-5-13(11)19-14/h2-5,10,12,14,17H,6-9H2,1H3. The second-order valence-electron chi connectivity index (χ2n) is 5.63. The minimum atomic E-state index is -0.140. The first kappa shape index (κ1) is 13.0. The van der Waals surface area contributed by atoms with Gasteiger partial charge in [0.05, 0.1) is 11.4 Å². The van der Waals surface area contributed by atoms with E-state index in [4.69, 9.17) is 0 Å². The van der Waals surface area contributed by atoms with Gasteiger partial charge in [-0.25, -0.2) is 0 Å². The van der Waals surface area contributed by atoms with Gasteiger partial charge in [-0.2, -0.15) is 0 Å². The van der Waals surface area contributed by atoms with Gasteiger partial charge in [0.2, 0.25) is 5.91 Å². The lowest BCUT2D eigenvalue weighted by Gasteiger charge is -2.35. The van der Waals surface area contributed by atoms with Gasteiger partial charge in [-0.05, 0) is 36.8 Å². The number of hydrogen-bond acceptors (Lipinski definition) is 3. The van der Waals surface area contributed by atoms with Crippen LogP contribution in [0.15, 0.2) is 29.2 Å². The normalized spacial score (nSPS) is 28.6. The summed E-state index contributed by atoms with van der Waals surface area (Å²) in [7, 11) is 1.89. The quantitative estimate of drug-likeness (QED) is 0.918. The molecule has 1 N–H and O–H groups in total. The van der Waals surface area contributed by atoms with E-state index in [1.807, 2.05) is 24.1 Å². The molecule has 1 fully saturated rings. The highest BCUT2D eigenvalue weighted by Crippen LogP contribution is 2.38. The Kier molecular flexibility index (Phi) is 3.54. The van der Waals surface area contributed by atoms with Gasteiger partial charge in [0.1, 0.15) is 0 Å². The molecule has 4 heteroatoms. The third kappa shape index (κ3) is 2.65. The van der Waals surface area contributed by atoms with E-state index >= 15 is 0 Å². The lowest BCUT2D eigenvalue weighted by molar-refractivity contribution is -0.130. The fourth-order valence-corrected chi connectivity index (χ4v) is 4.20. The molecule has 0 spiro atoms. The van der Waals surface area contributed by atoms with Crippen molar-refractivity contribution in [2.75, 3.05) is 13.6 Å². The number of carbonyl (C=O) groups excluding carboxylic acids is 1. The van der Waals surface area contributed by atoms with Gasteiger partial charge < -0.3 is 10.0 Å². The molecule has 1 aliphatic heterocycles. The summed E-state index contributed by atoms with van der Waals surface area (Å²) in [5.41, 5.74) is 1.29. The van der Waals surface area contributed by atoms with Gasteiger partial charge in [-0.3, -0.25) is 4.79 Å². The summed E-state index contributed by atoms with van der Waals surface area (Å²) < 4.78 is 0. The van der Waals surface area contributed by atoms with Crippen molar-refractivity contribution in [3.8, 4) is 0 Å². The van der Waals surface area contributed by atoms with E-state index in [2.05, 4.69) is 12.1 Å². The minimum Gasteiger partial charge on any atom is -0.393 e. The predicted octanol–water partition coefficient (Wildman–Crippen LogP) is 1.93. The van der Waals surface area contributed by atoms with E-state index < -0.39 is 0 Å². The topological polar surface area (TPSA) is 40.5 Å². The number of fused-ring (bicyclic) bond motifs is 1. The number of rotatable bonds is 3. The largest absolute Gasteiger partial charge is 0.393 e. The number of aliphatic hydroxyl groups is 1. The maximum atomic E-state index is 12.4. The first-order valence-electron chi connectivity index (χ1n) is 6.81. The SMILES string of the molecule is CN(CC1CC(O)C1)C(=O)C1Cc2ccccc2S1. The van der Waals surface area contributed by atoms with Crippen LogP contribution in [0.2, 0.25) is 0 Å². The third-order valence-corrected chi connectivity index (χ3v) is 5.35. The number of hydrogen-bond donors (Lipinski definition) is 1. The monoisotopic (exact) mass is 277 g/mol. The average molecular weight is 277 g/mol. The molecule has 1 heterocycles. The van der Waals surface area contributed by atoms with Crippen LogP contribution in [0.1, 0.15) is 18.4 Å². The van der Waals surface area contributed by atoms with Crippen LogP contribution in [-0.4, -0.2) is 40.9 Å². The first-order chi connectivity index (χ1) is 9.13. The summed E-state index contributed by atoms with van der Waals surface area (Å²) in [5, 5.41) is 9.33. The van der Waals surface area contributed by atoms with E-state index in [0.29, 0.717) is 5.92 Å². The van der Waals surface area contributed by atoms with Gasteiger partial charge in [0.25, 0.3) is 0 Å². The van der Waals surface area contributed by atoms with E-state index in [-0.39, 0.29) is 17.3 Å². The molecule has 3 rings (SSSR count). The zero-order chi connectivity index (χ0) is 13.4. The zero-order valence-corrected chi connectivity index (χ0v) is 11.9. The van der Waals surface area contributed by atoms with Crippen molar-refractivity contribution >= 4 is 17.7 Å². The zero-order valence-electron chi connectivity index (χ0n) is 11.1. The van der Waals surface area contributed by atoms with Crippen molar-refractivity contribution in [2.24, 2.45) is 5.92 Å². The highest BCUT2D eigenvalue weighted by molar-refractivity contribution is 8.01. The lowest BCUT2D eigenvalue weighted by atomic mass is 9.82. The molecule has 1 aromatic rings. The predicted molar refractivity (Wildman–Crippen MR) is 76.2 cm³/mol. The Morgan fingerprint density at radius 1 is 1.42 bits per heavy atom. The maximum absolute atomic E-state index is 12.4. The number of amides is 1. The molecule has 1 aliphatic carbocycles. The maximum Gasteiger partial charge on any atom is 0.236 e. The molecule has 0 radical (unpaired) electrons. The Morgan fingerprint density at radius 2 is 2.16 bits per heavy atom. The molecule has 19 heavy (non-hydrogen) atoms. The summed E-state index contributed by atoms with van der Waals surface area (Å²) in [5.74, 6) is 0.709. The van der Waals surface area contributed by atoms with Crippen molar-refractivity contribution in [1.82, 2.24) is 4.90 Å². The van der Waals surface area contributed by atoms with Crippen LogP contribution in [0.5, 0.6) is 0 Å². The Bertz CT molecular complexity index is 460.